The lowest BCUT2D eigenvalue weighted by Crippen LogP contribution is -2.14. The van der Waals surface area contributed by atoms with E-state index in [9.17, 15) is 4.79 Å². The van der Waals surface area contributed by atoms with Gasteiger partial charge in [-0.05, 0) is 13.0 Å². The summed E-state index contributed by atoms with van der Waals surface area (Å²) < 4.78 is 15.0. The maximum Gasteiger partial charge on any atom is 0.305 e. The summed E-state index contributed by atoms with van der Waals surface area (Å²) in [6, 6.07) is 0. The normalized spacial score (nSPS) is 10.4. The standard InChI is InChI=1S/C10H21NO5/c11-3-1-2-10(13)16-9-8-15-7-6-14-5-4-12/h12H,1-9,11H2. The van der Waals surface area contributed by atoms with Crippen LogP contribution in [0.4, 0.5) is 0 Å². The zero-order valence-corrected chi connectivity index (χ0v) is 9.52. The van der Waals surface area contributed by atoms with E-state index < -0.39 is 0 Å². The molecular formula is C10H21NO5. The molecule has 0 atom stereocenters. The van der Waals surface area contributed by atoms with E-state index in [-0.39, 0.29) is 19.2 Å². The highest BCUT2D eigenvalue weighted by atomic mass is 16.6. The van der Waals surface area contributed by atoms with Gasteiger partial charge in [0.05, 0.1) is 33.0 Å². The minimum Gasteiger partial charge on any atom is -0.463 e. The van der Waals surface area contributed by atoms with Crippen molar-refractivity contribution in [2.45, 2.75) is 12.8 Å². The third-order valence-corrected chi connectivity index (χ3v) is 1.68. The quantitative estimate of drug-likeness (QED) is 0.363. The molecule has 96 valence electrons. The third kappa shape index (κ3) is 11.4. The van der Waals surface area contributed by atoms with Gasteiger partial charge in [-0.3, -0.25) is 4.79 Å². The number of aliphatic hydroxyl groups excluding tert-OH is 1. The fourth-order valence-corrected chi connectivity index (χ4v) is 0.920. The van der Waals surface area contributed by atoms with Crippen molar-refractivity contribution in [3.05, 3.63) is 0 Å². The predicted octanol–water partition coefficient (Wildman–Crippen LogP) is -0.706. The summed E-state index contributed by atoms with van der Waals surface area (Å²) in [7, 11) is 0. The monoisotopic (exact) mass is 235 g/mol. The average molecular weight is 235 g/mol. The first-order valence-corrected chi connectivity index (χ1v) is 5.43. The van der Waals surface area contributed by atoms with Crippen molar-refractivity contribution in [3.8, 4) is 0 Å². The van der Waals surface area contributed by atoms with Crippen LogP contribution in [-0.4, -0.2) is 57.3 Å². The Bertz CT molecular complexity index is 165. The molecule has 0 radical (unpaired) electrons. The second-order valence-corrected chi connectivity index (χ2v) is 3.06. The number of hydrogen-bond acceptors (Lipinski definition) is 6. The van der Waals surface area contributed by atoms with Crippen LogP contribution in [-0.2, 0) is 19.0 Å². The molecule has 0 saturated carbocycles. The third-order valence-electron chi connectivity index (χ3n) is 1.68. The van der Waals surface area contributed by atoms with Crippen molar-refractivity contribution >= 4 is 5.97 Å². The highest BCUT2D eigenvalue weighted by Gasteiger charge is 2.00. The van der Waals surface area contributed by atoms with Gasteiger partial charge in [-0.25, -0.2) is 0 Å². The van der Waals surface area contributed by atoms with Gasteiger partial charge in [-0.15, -0.1) is 0 Å². The topological polar surface area (TPSA) is 91.0 Å². The smallest absolute Gasteiger partial charge is 0.305 e. The summed E-state index contributed by atoms with van der Waals surface area (Å²) in [5.41, 5.74) is 5.25. The summed E-state index contributed by atoms with van der Waals surface area (Å²) in [6.07, 6.45) is 1.00. The largest absolute Gasteiger partial charge is 0.463 e. The molecule has 3 N–H and O–H groups in total. The lowest BCUT2D eigenvalue weighted by atomic mass is 10.3. The van der Waals surface area contributed by atoms with E-state index in [1.54, 1.807) is 0 Å². The maximum atomic E-state index is 11.0. The van der Waals surface area contributed by atoms with Gasteiger partial charge < -0.3 is 25.1 Å². The Kier molecular flexibility index (Phi) is 11.8. The molecule has 0 aromatic carbocycles. The van der Waals surface area contributed by atoms with Gasteiger partial charge >= 0.3 is 5.97 Å². The van der Waals surface area contributed by atoms with Crippen LogP contribution < -0.4 is 5.73 Å². The molecular weight excluding hydrogens is 214 g/mol. The number of carbonyl (C=O) groups excluding carboxylic acids is 1. The minimum atomic E-state index is -0.245. The molecule has 0 fully saturated rings. The number of carbonyl (C=O) groups is 1. The van der Waals surface area contributed by atoms with Gasteiger partial charge in [-0.1, -0.05) is 0 Å². The van der Waals surface area contributed by atoms with Gasteiger partial charge in [0.25, 0.3) is 0 Å². The molecule has 0 aliphatic carbocycles. The fraction of sp³-hybridized carbons (Fsp3) is 0.900. The van der Waals surface area contributed by atoms with E-state index in [0.717, 1.165) is 0 Å². The molecule has 0 rings (SSSR count). The van der Waals surface area contributed by atoms with Gasteiger partial charge in [0.2, 0.25) is 0 Å². The first-order valence-electron chi connectivity index (χ1n) is 5.43. The van der Waals surface area contributed by atoms with Crippen LogP contribution in [0.5, 0.6) is 0 Å². The van der Waals surface area contributed by atoms with Crippen LogP contribution in [0.2, 0.25) is 0 Å². The average Bonchev–Trinajstić information content (AvgIpc) is 2.30. The highest BCUT2D eigenvalue weighted by Crippen LogP contribution is 1.90. The Morgan fingerprint density at radius 3 is 2.31 bits per heavy atom. The maximum absolute atomic E-state index is 11.0. The summed E-state index contributed by atoms with van der Waals surface area (Å²) in [6.45, 7) is 2.30. The minimum absolute atomic E-state index is 0.0127. The van der Waals surface area contributed by atoms with Crippen LogP contribution in [0.15, 0.2) is 0 Å². The Morgan fingerprint density at radius 1 is 1.06 bits per heavy atom. The molecule has 0 heterocycles. The second-order valence-electron chi connectivity index (χ2n) is 3.06. The number of esters is 1. The van der Waals surface area contributed by atoms with Gasteiger partial charge in [-0.2, -0.15) is 0 Å². The SMILES string of the molecule is NCCCC(=O)OCCOCCOCCO. The summed E-state index contributed by atoms with van der Waals surface area (Å²) in [5, 5.41) is 8.41. The van der Waals surface area contributed by atoms with Crippen molar-refractivity contribution in [2.75, 3.05) is 46.2 Å². The van der Waals surface area contributed by atoms with E-state index in [2.05, 4.69) is 0 Å². The zero-order valence-electron chi connectivity index (χ0n) is 9.52. The summed E-state index contributed by atoms with van der Waals surface area (Å²) in [4.78, 5) is 11.0. The Morgan fingerprint density at radius 2 is 1.69 bits per heavy atom. The van der Waals surface area contributed by atoms with Gasteiger partial charge in [0.1, 0.15) is 6.61 Å². The number of hydrogen-bond donors (Lipinski definition) is 2. The molecule has 0 aliphatic heterocycles. The Labute approximate surface area is 95.7 Å². The van der Waals surface area contributed by atoms with E-state index in [0.29, 0.717) is 45.8 Å². The second kappa shape index (κ2) is 12.4. The Balaban J connectivity index is 3.05. The van der Waals surface area contributed by atoms with Crippen molar-refractivity contribution < 1.29 is 24.1 Å². The lowest BCUT2D eigenvalue weighted by Gasteiger charge is -2.06. The first-order chi connectivity index (χ1) is 7.81. The van der Waals surface area contributed by atoms with Crippen LogP contribution in [0, 0.1) is 0 Å². The molecule has 16 heavy (non-hydrogen) atoms. The van der Waals surface area contributed by atoms with E-state index in [1.807, 2.05) is 0 Å². The van der Waals surface area contributed by atoms with E-state index in [1.165, 1.54) is 0 Å². The predicted molar refractivity (Wildman–Crippen MR) is 58.0 cm³/mol. The van der Waals surface area contributed by atoms with Crippen molar-refractivity contribution in [1.82, 2.24) is 0 Å². The Hall–Kier alpha value is -0.690. The number of aliphatic hydroxyl groups is 1. The fourth-order valence-electron chi connectivity index (χ4n) is 0.920. The van der Waals surface area contributed by atoms with Crippen LogP contribution >= 0.6 is 0 Å². The molecule has 6 nitrogen and oxygen atoms in total. The summed E-state index contributed by atoms with van der Waals surface area (Å²) >= 11 is 0. The summed E-state index contributed by atoms with van der Waals surface area (Å²) in [5.74, 6) is -0.245. The van der Waals surface area contributed by atoms with E-state index >= 15 is 0 Å². The van der Waals surface area contributed by atoms with Crippen molar-refractivity contribution in [1.29, 1.82) is 0 Å². The number of rotatable bonds is 11. The van der Waals surface area contributed by atoms with Gasteiger partial charge in [0, 0.05) is 6.42 Å². The zero-order chi connectivity index (χ0) is 12.1. The highest BCUT2D eigenvalue weighted by molar-refractivity contribution is 5.69. The van der Waals surface area contributed by atoms with Crippen LogP contribution in [0.25, 0.3) is 0 Å². The molecule has 0 saturated heterocycles. The van der Waals surface area contributed by atoms with Gasteiger partial charge in [0.15, 0.2) is 0 Å². The van der Waals surface area contributed by atoms with Crippen molar-refractivity contribution in [3.63, 3.8) is 0 Å². The number of nitrogens with two attached hydrogens (primary N) is 1. The van der Waals surface area contributed by atoms with Crippen LogP contribution in [0.1, 0.15) is 12.8 Å². The van der Waals surface area contributed by atoms with E-state index in [4.69, 9.17) is 25.1 Å². The molecule has 0 aromatic rings. The molecule has 0 aromatic heterocycles. The van der Waals surface area contributed by atoms with Crippen LogP contribution in [0.3, 0.4) is 0 Å². The molecule has 0 bridgehead atoms. The number of ether oxygens (including phenoxy) is 3. The molecule has 0 aliphatic rings. The first kappa shape index (κ1) is 15.3. The van der Waals surface area contributed by atoms with Crippen molar-refractivity contribution in [2.24, 2.45) is 5.73 Å². The molecule has 6 heteroatoms. The molecule has 0 unspecified atom stereocenters. The lowest BCUT2D eigenvalue weighted by molar-refractivity contribution is -0.145. The molecule has 0 amide bonds. The molecule has 0 spiro atoms.